The number of aromatic nitrogens is 2. The molecule has 2 fully saturated rings. The van der Waals surface area contributed by atoms with Crippen LogP contribution >= 0.6 is 0 Å². The summed E-state index contributed by atoms with van der Waals surface area (Å²) in [6.07, 6.45) is 0.134. The maximum Gasteiger partial charge on any atom is 0.229 e. The van der Waals surface area contributed by atoms with E-state index in [1.807, 2.05) is 0 Å². The van der Waals surface area contributed by atoms with Crippen molar-refractivity contribution in [3.05, 3.63) is 36.3 Å². The highest BCUT2D eigenvalue weighted by Gasteiger charge is 2.43. The summed E-state index contributed by atoms with van der Waals surface area (Å²) in [7, 11) is 3.57. The zero-order chi connectivity index (χ0) is 25.5. The number of piperidine rings is 1. The smallest absolute Gasteiger partial charge is 0.229 e. The van der Waals surface area contributed by atoms with Gasteiger partial charge in [0.2, 0.25) is 5.95 Å². The summed E-state index contributed by atoms with van der Waals surface area (Å²) >= 11 is 0. The van der Waals surface area contributed by atoms with Crippen molar-refractivity contribution in [2.24, 2.45) is 0 Å². The second-order valence-electron chi connectivity index (χ2n) is 10.9. The van der Waals surface area contributed by atoms with Crippen molar-refractivity contribution in [2.75, 3.05) is 42.7 Å². The topological polar surface area (TPSA) is 59.6 Å². The average molecular weight is 492 g/mol. The third-order valence-corrected chi connectivity index (χ3v) is 7.51. The molecule has 1 aromatic carbocycles. The zero-order valence-corrected chi connectivity index (χ0v) is 21.3. The van der Waals surface area contributed by atoms with Gasteiger partial charge in [0, 0.05) is 28.5 Å². The molecular weight excluding hydrogens is 455 g/mol. The van der Waals surface area contributed by atoms with Crippen molar-refractivity contribution in [3.63, 3.8) is 0 Å². The fourth-order valence-electron chi connectivity index (χ4n) is 5.16. The summed E-state index contributed by atoms with van der Waals surface area (Å²) in [5, 5.41) is 6.39. The van der Waals surface area contributed by atoms with Gasteiger partial charge in [0.1, 0.15) is 0 Å². The van der Waals surface area contributed by atoms with Crippen LogP contribution in [0.4, 0.5) is 36.3 Å². The summed E-state index contributed by atoms with van der Waals surface area (Å²) in [6.45, 7) is 8.98. The van der Waals surface area contributed by atoms with Gasteiger partial charge in [-0.3, -0.25) is 4.90 Å². The molecule has 0 radical (unpaired) electrons. The van der Waals surface area contributed by atoms with E-state index in [1.54, 1.807) is 29.2 Å². The molecule has 2 aromatic rings. The van der Waals surface area contributed by atoms with Gasteiger partial charge in [0.15, 0.2) is 24.2 Å². The SMILES string of the molecule is CN1C(F)CN(c2ccc(Nc3ncc(F)c(NC4CC(C)(C)N(C)C(C)(C)C4)n3)cc2)CC1F. The molecule has 2 N–H and O–H groups in total. The van der Waals surface area contributed by atoms with Gasteiger partial charge in [0.05, 0.1) is 19.3 Å². The number of hydrogen-bond acceptors (Lipinski definition) is 7. The van der Waals surface area contributed by atoms with E-state index in [2.05, 4.69) is 60.2 Å². The van der Waals surface area contributed by atoms with Gasteiger partial charge < -0.3 is 15.5 Å². The Morgan fingerprint density at radius 3 is 2.09 bits per heavy atom. The Balaban J connectivity index is 1.44. The van der Waals surface area contributed by atoms with Crippen LogP contribution in [0.5, 0.6) is 0 Å². The number of halogens is 3. The minimum absolute atomic E-state index is 0.0418. The molecule has 0 spiro atoms. The third-order valence-electron chi connectivity index (χ3n) is 7.51. The van der Waals surface area contributed by atoms with Crippen LogP contribution in [0, 0.1) is 5.82 Å². The zero-order valence-electron chi connectivity index (χ0n) is 21.3. The van der Waals surface area contributed by atoms with Gasteiger partial charge in [-0.05, 0) is 78.9 Å². The van der Waals surface area contributed by atoms with E-state index in [0.717, 1.165) is 29.6 Å². The molecule has 0 amide bonds. The number of benzene rings is 1. The molecule has 7 nitrogen and oxygen atoms in total. The third kappa shape index (κ3) is 5.48. The molecule has 1 aromatic heterocycles. The molecule has 0 saturated carbocycles. The first-order valence-electron chi connectivity index (χ1n) is 12.0. The number of anilines is 4. The normalized spacial score (nSPS) is 25.5. The Morgan fingerprint density at radius 1 is 0.943 bits per heavy atom. The lowest BCUT2D eigenvalue weighted by Gasteiger charge is -2.53. The molecule has 2 aliphatic rings. The summed E-state index contributed by atoms with van der Waals surface area (Å²) in [5.74, 6) is -0.0712. The van der Waals surface area contributed by atoms with Crippen LogP contribution in [-0.4, -0.2) is 76.7 Å². The molecule has 3 heterocycles. The highest BCUT2D eigenvalue weighted by atomic mass is 19.2. The number of rotatable bonds is 5. The van der Waals surface area contributed by atoms with Crippen molar-refractivity contribution < 1.29 is 13.2 Å². The lowest BCUT2D eigenvalue weighted by Crippen LogP contribution is -2.61. The van der Waals surface area contributed by atoms with Crippen LogP contribution in [0.25, 0.3) is 0 Å². The molecule has 2 unspecified atom stereocenters. The van der Waals surface area contributed by atoms with Crippen LogP contribution in [0.15, 0.2) is 30.5 Å². The first-order valence-corrected chi connectivity index (χ1v) is 12.0. The first-order chi connectivity index (χ1) is 16.4. The number of nitrogens with one attached hydrogen (secondary N) is 2. The Bertz CT molecular complexity index is 1000. The molecule has 4 rings (SSSR count). The van der Waals surface area contributed by atoms with Gasteiger partial charge in [0.25, 0.3) is 0 Å². The van der Waals surface area contributed by atoms with Gasteiger partial charge in [-0.25, -0.2) is 23.1 Å². The van der Waals surface area contributed by atoms with E-state index in [1.165, 1.54) is 7.05 Å². The van der Waals surface area contributed by atoms with Gasteiger partial charge in [-0.1, -0.05) is 0 Å². The van der Waals surface area contributed by atoms with E-state index in [4.69, 9.17) is 0 Å². The predicted molar refractivity (Wildman–Crippen MR) is 134 cm³/mol. The molecule has 35 heavy (non-hydrogen) atoms. The van der Waals surface area contributed by atoms with E-state index >= 15 is 0 Å². The summed E-state index contributed by atoms with van der Waals surface area (Å²) in [6, 6.07) is 7.22. The number of hydrogen-bond donors (Lipinski definition) is 2. The Kier molecular flexibility index (Phi) is 6.89. The van der Waals surface area contributed by atoms with Crippen LogP contribution < -0.4 is 15.5 Å². The Labute approximate surface area is 205 Å². The van der Waals surface area contributed by atoms with Gasteiger partial charge >= 0.3 is 0 Å². The Hall–Kier alpha value is -2.59. The van der Waals surface area contributed by atoms with E-state index in [-0.39, 0.29) is 42.0 Å². The van der Waals surface area contributed by atoms with Crippen molar-refractivity contribution >= 4 is 23.1 Å². The summed E-state index contributed by atoms with van der Waals surface area (Å²) in [5.41, 5.74) is 1.33. The molecule has 2 atom stereocenters. The Morgan fingerprint density at radius 2 is 1.51 bits per heavy atom. The molecule has 0 aliphatic carbocycles. The molecule has 0 bridgehead atoms. The quantitative estimate of drug-likeness (QED) is 0.585. The highest BCUT2D eigenvalue weighted by Crippen LogP contribution is 2.38. The maximum absolute atomic E-state index is 14.6. The lowest BCUT2D eigenvalue weighted by atomic mass is 9.77. The van der Waals surface area contributed by atoms with Crippen molar-refractivity contribution in [3.8, 4) is 0 Å². The van der Waals surface area contributed by atoms with Gasteiger partial charge in [-0.15, -0.1) is 0 Å². The predicted octanol–water partition coefficient (Wildman–Crippen LogP) is 4.77. The molecule has 10 heteroatoms. The first kappa shape index (κ1) is 25.5. The van der Waals surface area contributed by atoms with E-state index < -0.39 is 18.4 Å². The highest BCUT2D eigenvalue weighted by molar-refractivity contribution is 5.60. The molecule has 2 aliphatic heterocycles. The summed E-state index contributed by atoms with van der Waals surface area (Å²) in [4.78, 5) is 13.6. The maximum atomic E-state index is 14.6. The summed E-state index contributed by atoms with van der Waals surface area (Å²) < 4.78 is 42.7. The number of piperazine rings is 1. The fourth-order valence-corrected chi connectivity index (χ4v) is 5.16. The van der Waals surface area contributed by atoms with Gasteiger partial charge in [-0.2, -0.15) is 4.98 Å². The molecule has 192 valence electrons. The van der Waals surface area contributed by atoms with E-state index in [0.29, 0.717) is 5.69 Å². The van der Waals surface area contributed by atoms with Crippen molar-refractivity contribution in [1.82, 2.24) is 19.8 Å². The van der Waals surface area contributed by atoms with Crippen LogP contribution in [-0.2, 0) is 0 Å². The minimum atomic E-state index is -1.36. The largest absolute Gasteiger partial charge is 0.365 e. The average Bonchev–Trinajstić information content (AvgIpc) is 2.78. The van der Waals surface area contributed by atoms with Crippen molar-refractivity contribution in [1.29, 1.82) is 0 Å². The molecule has 2 saturated heterocycles. The number of likely N-dealkylation sites (N-methyl/N-ethyl adjacent to an activating group) is 1. The number of likely N-dealkylation sites (tertiary alicyclic amines) is 1. The second kappa shape index (κ2) is 9.46. The monoisotopic (exact) mass is 491 g/mol. The molecular formula is C25H36F3N7. The van der Waals surface area contributed by atoms with Crippen LogP contribution in [0.3, 0.4) is 0 Å². The lowest BCUT2D eigenvalue weighted by molar-refractivity contribution is -0.00974. The van der Waals surface area contributed by atoms with E-state index in [9.17, 15) is 13.2 Å². The second-order valence-corrected chi connectivity index (χ2v) is 10.9. The van der Waals surface area contributed by atoms with Crippen LogP contribution in [0.1, 0.15) is 40.5 Å². The fraction of sp³-hybridized carbons (Fsp3) is 0.600. The standard InChI is InChI=1S/C25H36F3N7/c1-24(2)11-17(12-25(3,4)34(24)6)30-22-19(26)13-29-23(32-22)31-16-7-9-18(10-8-16)35-14-20(27)33(5)21(28)15-35/h7-10,13,17,20-21H,11-12,14-15H2,1-6H3,(H2,29,30,31,32). The van der Waals surface area contributed by atoms with Crippen LogP contribution in [0.2, 0.25) is 0 Å². The van der Waals surface area contributed by atoms with Crippen molar-refractivity contribution in [2.45, 2.75) is 70.2 Å². The number of alkyl halides is 2. The minimum Gasteiger partial charge on any atom is -0.365 e. The number of nitrogens with zero attached hydrogens (tertiary/aromatic N) is 5.